The van der Waals surface area contributed by atoms with Gasteiger partial charge in [-0.15, -0.1) is 23.2 Å². The second kappa shape index (κ2) is 4.25. The summed E-state index contributed by atoms with van der Waals surface area (Å²) in [6.07, 6.45) is 0.432. The van der Waals surface area contributed by atoms with Crippen molar-refractivity contribution in [3.63, 3.8) is 0 Å². The maximum atomic E-state index is 12.0. The van der Waals surface area contributed by atoms with Crippen molar-refractivity contribution in [3.8, 4) is 0 Å². The second-order valence-electron chi connectivity index (χ2n) is 4.80. The van der Waals surface area contributed by atoms with Crippen LogP contribution in [-0.4, -0.2) is 16.0 Å². The van der Waals surface area contributed by atoms with Crippen LogP contribution in [0.15, 0.2) is 24.3 Å². The highest BCUT2D eigenvalue weighted by atomic mass is 35.5. The van der Waals surface area contributed by atoms with Crippen LogP contribution in [0.2, 0.25) is 0 Å². The fraction of sp³-hybridized carbons (Fsp3) is 0.385. The average molecular weight is 286 g/mol. The van der Waals surface area contributed by atoms with Gasteiger partial charge in [0.05, 0.1) is 5.41 Å². The third-order valence-corrected chi connectivity index (χ3v) is 4.39. The normalized spacial score (nSPS) is 24.4. The van der Waals surface area contributed by atoms with Crippen molar-refractivity contribution < 1.29 is 9.59 Å². The van der Waals surface area contributed by atoms with E-state index in [1.54, 1.807) is 31.2 Å². The zero-order chi connectivity index (χ0) is 13.6. The number of benzene rings is 1. The fourth-order valence-corrected chi connectivity index (χ4v) is 2.44. The zero-order valence-electron chi connectivity index (χ0n) is 10.1. The molecule has 18 heavy (non-hydrogen) atoms. The third kappa shape index (κ3) is 2.25. The molecule has 1 aliphatic carbocycles. The number of anilines is 1. The summed E-state index contributed by atoms with van der Waals surface area (Å²) < 4.78 is -0.991. The number of alkyl halides is 2. The van der Waals surface area contributed by atoms with Crippen LogP contribution in [-0.2, 0) is 4.79 Å². The first kappa shape index (κ1) is 13.4. The summed E-state index contributed by atoms with van der Waals surface area (Å²) in [6.45, 7) is 3.20. The molecule has 0 aliphatic heterocycles. The Morgan fingerprint density at radius 3 is 2.44 bits per heavy atom. The molecule has 1 amide bonds. The highest BCUT2D eigenvalue weighted by Crippen LogP contribution is 2.64. The summed E-state index contributed by atoms with van der Waals surface area (Å²) >= 11 is 11.9. The predicted octanol–water partition coefficient (Wildman–Crippen LogP) is 3.41. The van der Waals surface area contributed by atoms with Crippen LogP contribution in [0.25, 0.3) is 0 Å². The molecular formula is C13H13Cl2NO2. The highest BCUT2D eigenvalue weighted by molar-refractivity contribution is 6.53. The average Bonchev–Trinajstić information content (AvgIpc) is 2.80. The van der Waals surface area contributed by atoms with E-state index in [4.69, 9.17) is 23.2 Å². The van der Waals surface area contributed by atoms with E-state index in [2.05, 4.69) is 5.32 Å². The van der Waals surface area contributed by atoms with Crippen molar-refractivity contribution in [1.29, 1.82) is 0 Å². The smallest absolute Gasteiger partial charge is 0.233 e. The maximum absolute atomic E-state index is 12.0. The first-order valence-corrected chi connectivity index (χ1v) is 6.32. The third-order valence-electron chi connectivity index (χ3n) is 3.29. The first-order valence-electron chi connectivity index (χ1n) is 5.56. The van der Waals surface area contributed by atoms with Gasteiger partial charge in [0.2, 0.25) is 5.91 Å². The monoisotopic (exact) mass is 285 g/mol. The first-order chi connectivity index (χ1) is 8.26. The lowest BCUT2D eigenvalue weighted by molar-refractivity contribution is -0.120. The summed E-state index contributed by atoms with van der Waals surface area (Å²) in [4.78, 5) is 23.3. The Bertz CT molecular complexity index is 527. The number of amides is 1. The van der Waals surface area contributed by atoms with E-state index < -0.39 is 9.75 Å². The molecule has 1 saturated carbocycles. The van der Waals surface area contributed by atoms with Crippen LogP contribution in [0.3, 0.4) is 0 Å². The molecule has 0 aromatic heterocycles. The van der Waals surface area contributed by atoms with E-state index in [0.29, 0.717) is 17.7 Å². The molecule has 0 spiro atoms. The number of hydrogen-bond donors (Lipinski definition) is 1. The Kier molecular flexibility index (Phi) is 3.16. The molecule has 1 aromatic carbocycles. The molecule has 96 valence electrons. The lowest BCUT2D eigenvalue weighted by Gasteiger charge is -2.13. The van der Waals surface area contributed by atoms with Crippen LogP contribution < -0.4 is 5.32 Å². The summed E-state index contributed by atoms with van der Waals surface area (Å²) in [7, 11) is 0. The van der Waals surface area contributed by atoms with Gasteiger partial charge in [-0.3, -0.25) is 9.59 Å². The van der Waals surface area contributed by atoms with E-state index >= 15 is 0 Å². The molecule has 1 N–H and O–H groups in total. The number of carbonyl (C=O) groups is 2. The topological polar surface area (TPSA) is 46.2 Å². The van der Waals surface area contributed by atoms with Crippen molar-refractivity contribution in [2.24, 2.45) is 5.41 Å². The fourth-order valence-electron chi connectivity index (χ4n) is 1.73. The van der Waals surface area contributed by atoms with Crippen LogP contribution in [0, 0.1) is 5.41 Å². The lowest BCUT2D eigenvalue weighted by atomic mass is 10.1. The van der Waals surface area contributed by atoms with Crippen LogP contribution >= 0.6 is 23.2 Å². The molecule has 2 rings (SSSR count). The molecule has 0 radical (unpaired) electrons. The van der Waals surface area contributed by atoms with Crippen LogP contribution in [0.1, 0.15) is 30.6 Å². The lowest BCUT2D eigenvalue weighted by Crippen LogP contribution is -2.26. The van der Waals surface area contributed by atoms with Gasteiger partial charge in [-0.2, -0.15) is 0 Å². The second-order valence-corrected chi connectivity index (χ2v) is 6.29. The van der Waals surface area contributed by atoms with E-state index in [0.717, 1.165) is 0 Å². The van der Waals surface area contributed by atoms with Gasteiger partial charge in [0.25, 0.3) is 0 Å². The number of carbonyl (C=O) groups excluding carboxylic acids is 2. The van der Waals surface area contributed by atoms with E-state index in [-0.39, 0.29) is 11.7 Å². The molecule has 0 saturated heterocycles. The van der Waals surface area contributed by atoms with Crippen LogP contribution in [0.4, 0.5) is 5.69 Å². The quantitative estimate of drug-likeness (QED) is 0.683. The molecule has 1 aliphatic rings. The molecule has 1 fully saturated rings. The van der Waals surface area contributed by atoms with Crippen molar-refractivity contribution in [2.45, 2.75) is 24.6 Å². The Morgan fingerprint density at radius 1 is 1.33 bits per heavy atom. The predicted molar refractivity (Wildman–Crippen MR) is 72.2 cm³/mol. The molecule has 0 unspecified atom stereocenters. The molecule has 1 atom stereocenters. The summed E-state index contributed by atoms with van der Waals surface area (Å²) in [5.41, 5.74) is 0.365. The molecule has 3 nitrogen and oxygen atoms in total. The molecule has 0 heterocycles. The number of rotatable bonds is 3. The minimum Gasteiger partial charge on any atom is -0.326 e. The largest absolute Gasteiger partial charge is 0.326 e. The molecule has 0 bridgehead atoms. The van der Waals surface area contributed by atoms with Gasteiger partial charge >= 0.3 is 0 Å². The minimum absolute atomic E-state index is 0.0484. The number of hydrogen-bond acceptors (Lipinski definition) is 2. The van der Waals surface area contributed by atoms with Crippen molar-refractivity contribution >= 4 is 40.6 Å². The SMILES string of the molecule is CC(=O)c1cccc(NC(=O)[C@@]2(C)CC2(Cl)Cl)c1. The Morgan fingerprint density at radius 2 is 1.94 bits per heavy atom. The molecule has 1 aromatic rings. The number of ketones is 1. The van der Waals surface area contributed by atoms with Crippen LogP contribution in [0.5, 0.6) is 0 Å². The number of halogens is 2. The zero-order valence-corrected chi connectivity index (χ0v) is 11.6. The summed E-state index contributed by atoms with van der Waals surface area (Å²) in [6, 6.07) is 6.77. The summed E-state index contributed by atoms with van der Waals surface area (Å²) in [5, 5.41) is 2.74. The van der Waals surface area contributed by atoms with Crippen molar-refractivity contribution in [1.82, 2.24) is 0 Å². The standard InChI is InChI=1S/C13H13Cl2NO2/c1-8(17)9-4-3-5-10(6-9)16-11(18)12(2)7-13(12,14)15/h3-6H,7H2,1-2H3,(H,16,18)/t12-/m1/s1. The van der Waals surface area contributed by atoms with E-state index in [1.165, 1.54) is 6.92 Å². The Hall–Kier alpha value is -1.06. The van der Waals surface area contributed by atoms with Crippen molar-refractivity contribution in [3.05, 3.63) is 29.8 Å². The van der Waals surface area contributed by atoms with Gasteiger partial charge in [-0.1, -0.05) is 12.1 Å². The van der Waals surface area contributed by atoms with Crippen molar-refractivity contribution in [2.75, 3.05) is 5.32 Å². The Labute approximate surface area is 115 Å². The maximum Gasteiger partial charge on any atom is 0.233 e. The van der Waals surface area contributed by atoms with Gasteiger partial charge in [-0.05, 0) is 32.4 Å². The van der Waals surface area contributed by atoms with E-state index in [1.807, 2.05) is 0 Å². The van der Waals surface area contributed by atoms with Gasteiger partial charge in [-0.25, -0.2) is 0 Å². The van der Waals surface area contributed by atoms with Gasteiger partial charge in [0.1, 0.15) is 4.33 Å². The van der Waals surface area contributed by atoms with Gasteiger partial charge in [0, 0.05) is 11.3 Å². The van der Waals surface area contributed by atoms with E-state index in [9.17, 15) is 9.59 Å². The highest BCUT2D eigenvalue weighted by Gasteiger charge is 2.67. The number of Topliss-reactive ketones (excluding diaryl/α,β-unsaturated/α-hetero) is 1. The van der Waals surface area contributed by atoms with Gasteiger partial charge < -0.3 is 5.32 Å². The molecular weight excluding hydrogens is 273 g/mol. The number of nitrogens with one attached hydrogen (secondary N) is 1. The Balaban J connectivity index is 2.13. The summed E-state index contributed by atoms with van der Waals surface area (Å²) in [5.74, 6) is -0.277. The molecule has 5 heteroatoms. The minimum atomic E-state index is -0.991. The van der Waals surface area contributed by atoms with Gasteiger partial charge in [0.15, 0.2) is 5.78 Å².